The molecule has 0 saturated heterocycles. The molecule has 2 aromatic carbocycles. The number of rotatable bonds is 4. The monoisotopic (exact) mass is 415 g/mol. The fourth-order valence-electron chi connectivity index (χ4n) is 3.93. The summed E-state index contributed by atoms with van der Waals surface area (Å²) in [7, 11) is 0. The number of hydrogen-bond acceptors (Lipinski definition) is 7. The second kappa shape index (κ2) is 7.46. The molecule has 0 aliphatic carbocycles. The van der Waals surface area contributed by atoms with Gasteiger partial charge in [0, 0.05) is 16.8 Å². The molecule has 8 heteroatoms. The van der Waals surface area contributed by atoms with Crippen LogP contribution < -0.4 is 11.1 Å². The summed E-state index contributed by atoms with van der Waals surface area (Å²) in [5.74, 6) is -3.26. The molecule has 8 nitrogen and oxygen atoms in total. The van der Waals surface area contributed by atoms with Gasteiger partial charge in [0.25, 0.3) is 0 Å². The minimum atomic E-state index is -1.96. The van der Waals surface area contributed by atoms with Gasteiger partial charge >= 0.3 is 5.97 Å². The summed E-state index contributed by atoms with van der Waals surface area (Å²) < 4.78 is 10.5. The lowest BCUT2D eigenvalue weighted by Gasteiger charge is -2.34. The lowest BCUT2D eigenvalue weighted by molar-refractivity contribution is -0.142. The van der Waals surface area contributed by atoms with Gasteiger partial charge in [-0.1, -0.05) is 48.5 Å². The SMILES string of the molecule is CCOC(=O)C1=C(C(=O)c2ccccc2)[C@@]2(C(=O)Nc3ccccc32)C(C#N)=C(N)O1. The minimum Gasteiger partial charge on any atom is -0.460 e. The normalized spacial score (nSPS) is 19.4. The number of benzene rings is 2. The molecule has 2 aromatic rings. The molecule has 0 aromatic heterocycles. The zero-order chi connectivity index (χ0) is 22.2. The third-order valence-corrected chi connectivity index (χ3v) is 5.19. The van der Waals surface area contributed by atoms with Crippen molar-refractivity contribution in [3.05, 3.63) is 88.5 Å². The highest BCUT2D eigenvalue weighted by Crippen LogP contribution is 2.52. The van der Waals surface area contributed by atoms with Gasteiger partial charge in [-0.05, 0) is 13.0 Å². The second-order valence-electron chi connectivity index (χ2n) is 6.82. The number of hydrogen-bond donors (Lipinski definition) is 2. The maximum atomic E-state index is 13.7. The van der Waals surface area contributed by atoms with Crippen molar-refractivity contribution in [1.29, 1.82) is 5.26 Å². The first-order valence-electron chi connectivity index (χ1n) is 9.47. The molecular formula is C23H17N3O5. The van der Waals surface area contributed by atoms with Crippen molar-refractivity contribution in [2.45, 2.75) is 12.3 Å². The van der Waals surface area contributed by atoms with Crippen LogP contribution in [0.2, 0.25) is 0 Å². The first-order chi connectivity index (χ1) is 15.0. The van der Waals surface area contributed by atoms with Gasteiger partial charge in [-0.15, -0.1) is 0 Å². The number of nitrogens with zero attached hydrogens (tertiary/aromatic N) is 1. The van der Waals surface area contributed by atoms with E-state index in [1.165, 1.54) is 12.1 Å². The van der Waals surface area contributed by atoms with Gasteiger partial charge in [-0.3, -0.25) is 9.59 Å². The van der Waals surface area contributed by atoms with E-state index in [9.17, 15) is 19.6 Å². The number of anilines is 1. The molecule has 1 atom stereocenters. The second-order valence-corrected chi connectivity index (χ2v) is 6.82. The van der Waals surface area contributed by atoms with Crippen LogP contribution in [0.1, 0.15) is 22.8 Å². The molecule has 3 N–H and O–H groups in total. The summed E-state index contributed by atoms with van der Waals surface area (Å²) in [4.78, 5) is 39.9. The number of ketones is 1. The summed E-state index contributed by atoms with van der Waals surface area (Å²) in [5, 5.41) is 12.6. The standard InChI is InChI=1S/C23H17N3O5/c1-2-30-21(28)19-17(18(27)13-8-4-3-5-9-13)23(15(12-24)20(25)31-19)14-10-6-7-11-16(14)26-22(23)29/h3-11H,2,25H2,1H3,(H,26,29)/t23-/m0/s1. The van der Waals surface area contributed by atoms with Crippen LogP contribution in [0.15, 0.2) is 77.4 Å². The molecule has 31 heavy (non-hydrogen) atoms. The van der Waals surface area contributed by atoms with Gasteiger partial charge in [-0.25, -0.2) is 4.79 Å². The average Bonchev–Trinajstić information content (AvgIpc) is 3.06. The number of ether oxygens (including phenoxy) is 2. The van der Waals surface area contributed by atoms with E-state index < -0.39 is 34.7 Å². The molecule has 2 heterocycles. The van der Waals surface area contributed by atoms with E-state index in [0.717, 1.165) is 0 Å². The maximum Gasteiger partial charge on any atom is 0.374 e. The number of nitrogens with one attached hydrogen (secondary N) is 1. The molecule has 154 valence electrons. The Bertz CT molecular complexity index is 1220. The van der Waals surface area contributed by atoms with Crippen molar-refractivity contribution in [3.63, 3.8) is 0 Å². The molecule has 0 unspecified atom stereocenters. The van der Waals surface area contributed by atoms with E-state index >= 15 is 0 Å². The van der Waals surface area contributed by atoms with Crippen molar-refractivity contribution in [2.75, 3.05) is 11.9 Å². The predicted molar refractivity (Wildman–Crippen MR) is 109 cm³/mol. The summed E-state index contributed by atoms with van der Waals surface area (Å²) >= 11 is 0. The van der Waals surface area contributed by atoms with Gasteiger partial charge in [0.1, 0.15) is 17.1 Å². The summed E-state index contributed by atoms with van der Waals surface area (Å²) in [5.41, 5.74) is 4.37. The van der Waals surface area contributed by atoms with Gasteiger partial charge in [-0.2, -0.15) is 5.26 Å². The number of Topliss-reactive ketones (excluding diaryl/α,β-unsaturated/α-hetero) is 1. The minimum absolute atomic E-state index is 0.00299. The lowest BCUT2D eigenvalue weighted by atomic mass is 9.66. The number of nitriles is 1. The van der Waals surface area contributed by atoms with Gasteiger partial charge < -0.3 is 20.5 Å². The van der Waals surface area contributed by atoms with Gasteiger partial charge in [0.2, 0.25) is 17.5 Å². The van der Waals surface area contributed by atoms with Crippen LogP contribution in [-0.4, -0.2) is 24.3 Å². The first kappa shape index (κ1) is 19.9. The van der Waals surface area contributed by atoms with Crippen molar-refractivity contribution in [1.82, 2.24) is 0 Å². The molecular weight excluding hydrogens is 398 g/mol. The number of carbonyl (C=O) groups is 3. The zero-order valence-electron chi connectivity index (χ0n) is 16.5. The Hall–Kier alpha value is -4.38. The summed E-state index contributed by atoms with van der Waals surface area (Å²) in [6.45, 7) is 1.59. The van der Waals surface area contributed by atoms with E-state index in [4.69, 9.17) is 15.2 Å². The molecule has 4 rings (SSSR count). The topological polar surface area (TPSA) is 132 Å². The largest absolute Gasteiger partial charge is 0.460 e. The number of amides is 1. The van der Waals surface area contributed by atoms with E-state index in [1.807, 2.05) is 6.07 Å². The van der Waals surface area contributed by atoms with Crippen LogP contribution in [-0.2, 0) is 24.5 Å². The van der Waals surface area contributed by atoms with Crippen LogP contribution in [0.3, 0.4) is 0 Å². The maximum absolute atomic E-state index is 13.7. The van der Waals surface area contributed by atoms with Crippen LogP contribution in [0.5, 0.6) is 0 Å². The van der Waals surface area contributed by atoms with E-state index in [-0.39, 0.29) is 23.3 Å². The average molecular weight is 415 g/mol. The fourth-order valence-corrected chi connectivity index (χ4v) is 3.93. The van der Waals surface area contributed by atoms with Crippen molar-refractivity contribution < 1.29 is 23.9 Å². The highest BCUT2D eigenvalue weighted by molar-refractivity contribution is 6.24. The molecule has 0 saturated carbocycles. The highest BCUT2D eigenvalue weighted by Gasteiger charge is 2.60. The number of esters is 1. The van der Waals surface area contributed by atoms with E-state index in [2.05, 4.69) is 5.32 Å². The Kier molecular flexibility index (Phi) is 4.79. The van der Waals surface area contributed by atoms with Crippen LogP contribution in [0.4, 0.5) is 5.69 Å². The fraction of sp³-hybridized carbons (Fsp3) is 0.130. The van der Waals surface area contributed by atoms with Crippen molar-refractivity contribution >= 4 is 23.3 Å². The highest BCUT2D eigenvalue weighted by atomic mass is 16.6. The molecule has 0 fully saturated rings. The summed E-state index contributed by atoms with van der Waals surface area (Å²) in [6.07, 6.45) is 0. The number of fused-ring (bicyclic) bond motifs is 2. The summed E-state index contributed by atoms with van der Waals surface area (Å²) in [6, 6.07) is 16.6. The van der Waals surface area contributed by atoms with Crippen LogP contribution in [0.25, 0.3) is 0 Å². The van der Waals surface area contributed by atoms with Gasteiger partial charge in [0.15, 0.2) is 5.78 Å². The number of nitrogens with two attached hydrogens (primary N) is 1. The third-order valence-electron chi connectivity index (χ3n) is 5.19. The lowest BCUT2D eigenvalue weighted by Crippen LogP contribution is -2.46. The quantitative estimate of drug-likeness (QED) is 0.578. The Morgan fingerprint density at radius 2 is 1.84 bits per heavy atom. The predicted octanol–water partition coefficient (Wildman–Crippen LogP) is 2.30. The zero-order valence-corrected chi connectivity index (χ0v) is 16.5. The Morgan fingerprint density at radius 1 is 1.16 bits per heavy atom. The van der Waals surface area contributed by atoms with Crippen LogP contribution >= 0.6 is 0 Å². The number of para-hydroxylation sites is 1. The first-order valence-corrected chi connectivity index (χ1v) is 9.47. The molecule has 1 amide bonds. The molecule has 1 spiro atoms. The van der Waals surface area contributed by atoms with Crippen LogP contribution in [0, 0.1) is 11.3 Å². The van der Waals surface area contributed by atoms with Crippen molar-refractivity contribution in [3.8, 4) is 6.07 Å². The van der Waals surface area contributed by atoms with E-state index in [0.29, 0.717) is 11.3 Å². The van der Waals surface area contributed by atoms with Gasteiger partial charge in [0.05, 0.1) is 12.2 Å². The molecule has 0 bridgehead atoms. The molecule has 2 aliphatic rings. The third kappa shape index (κ3) is 2.79. The Labute approximate surface area is 177 Å². The molecule has 2 aliphatic heterocycles. The van der Waals surface area contributed by atoms with Crippen molar-refractivity contribution in [2.24, 2.45) is 5.73 Å². The number of carbonyl (C=O) groups excluding carboxylic acids is 3. The smallest absolute Gasteiger partial charge is 0.374 e. The van der Waals surface area contributed by atoms with E-state index in [1.54, 1.807) is 49.4 Å². The molecule has 0 radical (unpaired) electrons. The Balaban J connectivity index is 2.11. The Morgan fingerprint density at radius 3 is 2.52 bits per heavy atom.